The second-order valence-corrected chi connectivity index (χ2v) is 8.14. The number of halogens is 3. The molecule has 2 aromatic carbocycles. The molecule has 0 aromatic heterocycles. The molecule has 0 heterocycles. The van der Waals surface area contributed by atoms with E-state index in [-0.39, 0.29) is 17.9 Å². The van der Waals surface area contributed by atoms with Crippen LogP contribution in [0.25, 0.3) is 0 Å². The van der Waals surface area contributed by atoms with Crippen LogP contribution in [0.1, 0.15) is 18.1 Å². The van der Waals surface area contributed by atoms with Crippen LogP contribution in [0, 0.1) is 0 Å². The summed E-state index contributed by atoms with van der Waals surface area (Å²) in [5.74, 6) is -0.438. The van der Waals surface area contributed by atoms with Gasteiger partial charge >= 0.3 is 6.18 Å². The first kappa shape index (κ1) is 22.9. The molecule has 0 aliphatic rings. The number of rotatable bonds is 8. The number of alkyl halides is 3. The molecule has 2 N–H and O–H groups in total. The van der Waals surface area contributed by atoms with Gasteiger partial charge in [0.05, 0.1) is 23.5 Å². The van der Waals surface area contributed by atoms with Crippen molar-refractivity contribution in [2.24, 2.45) is 0 Å². The molecule has 0 aliphatic carbocycles. The van der Waals surface area contributed by atoms with E-state index in [2.05, 4.69) is 10.0 Å². The first-order valence-corrected chi connectivity index (χ1v) is 10.1. The predicted octanol–water partition coefficient (Wildman–Crippen LogP) is 3.20. The Morgan fingerprint density at radius 2 is 1.66 bits per heavy atom. The highest BCUT2D eigenvalue weighted by Gasteiger charge is 2.30. The molecule has 1 amide bonds. The Labute approximate surface area is 167 Å². The molecule has 2 aromatic rings. The highest BCUT2D eigenvalue weighted by atomic mass is 32.2. The van der Waals surface area contributed by atoms with Crippen molar-refractivity contribution in [2.75, 3.05) is 19.0 Å². The number of methoxy groups -OCH3 is 1. The summed E-state index contributed by atoms with van der Waals surface area (Å²) in [6.07, 6.45) is -4.55. The van der Waals surface area contributed by atoms with Gasteiger partial charge in [-0.25, -0.2) is 13.1 Å². The van der Waals surface area contributed by atoms with Crippen molar-refractivity contribution in [2.45, 2.75) is 30.5 Å². The van der Waals surface area contributed by atoms with Crippen LogP contribution in [0.4, 0.5) is 18.9 Å². The summed E-state index contributed by atoms with van der Waals surface area (Å²) in [6, 6.07) is 9.45. The van der Waals surface area contributed by atoms with E-state index >= 15 is 0 Å². The Morgan fingerprint density at radius 3 is 2.17 bits per heavy atom. The fourth-order valence-electron chi connectivity index (χ4n) is 2.54. The van der Waals surface area contributed by atoms with Crippen LogP contribution in [-0.4, -0.2) is 34.1 Å². The molecule has 0 fully saturated rings. The number of amides is 1. The first-order valence-electron chi connectivity index (χ1n) is 8.58. The van der Waals surface area contributed by atoms with Crippen molar-refractivity contribution in [1.82, 2.24) is 4.72 Å². The van der Waals surface area contributed by atoms with Crippen molar-refractivity contribution in [3.63, 3.8) is 0 Å². The van der Waals surface area contributed by atoms with Gasteiger partial charge in [-0.15, -0.1) is 0 Å². The van der Waals surface area contributed by atoms with Gasteiger partial charge in [-0.1, -0.05) is 12.1 Å². The third-order valence-electron chi connectivity index (χ3n) is 3.87. The summed E-state index contributed by atoms with van der Waals surface area (Å²) in [4.78, 5) is 12.1. The second kappa shape index (κ2) is 9.38. The van der Waals surface area contributed by atoms with E-state index in [0.717, 1.165) is 12.1 Å². The van der Waals surface area contributed by atoms with E-state index < -0.39 is 33.7 Å². The molecule has 2 rings (SSSR count). The lowest BCUT2D eigenvalue weighted by molar-refractivity contribution is -0.137. The fraction of sp³-hybridized carbons (Fsp3) is 0.316. The van der Waals surface area contributed by atoms with E-state index in [9.17, 15) is 26.4 Å². The van der Waals surface area contributed by atoms with Crippen LogP contribution in [0.3, 0.4) is 0 Å². The number of nitrogens with one attached hydrogen (secondary N) is 2. The third-order valence-corrected chi connectivity index (χ3v) is 5.47. The maximum absolute atomic E-state index is 12.6. The SMILES string of the molecule is COCC(C)NS(=O)(=O)c1ccc(NC(=O)Cc2ccc(C(F)(F)F)cc2)cc1. The number of carbonyl (C=O) groups excluding carboxylic acids is 1. The molecule has 0 radical (unpaired) electrons. The van der Waals surface area contributed by atoms with Crippen LogP contribution >= 0.6 is 0 Å². The molecule has 0 aliphatic heterocycles. The Bertz CT molecular complexity index is 927. The molecule has 6 nitrogen and oxygen atoms in total. The van der Waals surface area contributed by atoms with Crippen LogP contribution in [0.5, 0.6) is 0 Å². The number of benzene rings is 2. The van der Waals surface area contributed by atoms with Gasteiger partial charge in [-0.2, -0.15) is 13.2 Å². The normalized spacial score (nSPS) is 13.1. The number of anilines is 1. The molecule has 0 bridgehead atoms. The van der Waals surface area contributed by atoms with E-state index in [1.54, 1.807) is 6.92 Å². The summed E-state index contributed by atoms with van der Waals surface area (Å²) in [5, 5.41) is 2.58. The Kier molecular flexibility index (Phi) is 7.39. The summed E-state index contributed by atoms with van der Waals surface area (Å²) in [5.41, 5.74) is 0.00344. The summed E-state index contributed by atoms with van der Waals surface area (Å²) in [7, 11) is -2.26. The topological polar surface area (TPSA) is 84.5 Å². The molecule has 0 saturated carbocycles. The number of hydrogen-bond acceptors (Lipinski definition) is 4. The summed E-state index contributed by atoms with van der Waals surface area (Å²) < 4.78 is 69.5. The molecule has 158 valence electrons. The molecule has 10 heteroatoms. The van der Waals surface area contributed by atoms with Gasteiger partial charge in [0.15, 0.2) is 0 Å². The van der Waals surface area contributed by atoms with Gasteiger partial charge in [0.1, 0.15) is 0 Å². The maximum atomic E-state index is 12.6. The van der Waals surface area contributed by atoms with Crippen molar-refractivity contribution < 1.29 is 31.1 Å². The molecule has 29 heavy (non-hydrogen) atoms. The molecule has 0 spiro atoms. The average molecular weight is 430 g/mol. The summed E-state index contributed by atoms with van der Waals surface area (Å²) >= 11 is 0. The minimum atomic E-state index is -4.43. The predicted molar refractivity (Wildman–Crippen MR) is 102 cm³/mol. The van der Waals surface area contributed by atoms with Crippen molar-refractivity contribution in [3.8, 4) is 0 Å². The lowest BCUT2D eigenvalue weighted by Gasteiger charge is -2.13. The standard InChI is InChI=1S/C19H21F3N2O4S/c1-13(12-28-2)24-29(26,27)17-9-7-16(8-10-17)23-18(25)11-14-3-5-15(6-4-14)19(20,21)22/h3-10,13,24H,11-12H2,1-2H3,(H,23,25). The minimum Gasteiger partial charge on any atom is -0.383 e. The van der Waals surface area contributed by atoms with Crippen molar-refractivity contribution >= 4 is 21.6 Å². The molecule has 1 unspecified atom stereocenters. The molecule has 0 saturated heterocycles. The van der Waals surface area contributed by atoms with Gasteiger partial charge < -0.3 is 10.1 Å². The highest BCUT2D eigenvalue weighted by Crippen LogP contribution is 2.29. The number of hydrogen-bond donors (Lipinski definition) is 2. The third kappa shape index (κ3) is 6.84. The first-order chi connectivity index (χ1) is 13.5. The van der Waals surface area contributed by atoms with E-state index in [1.807, 2.05) is 0 Å². The van der Waals surface area contributed by atoms with Crippen LogP contribution in [-0.2, 0) is 32.2 Å². The molecule has 1 atom stereocenters. The molecular formula is C19H21F3N2O4S. The highest BCUT2D eigenvalue weighted by molar-refractivity contribution is 7.89. The minimum absolute atomic E-state index is 0.0289. The van der Waals surface area contributed by atoms with Crippen LogP contribution in [0.15, 0.2) is 53.4 Å². The molecular weight excluding hydrogens is 409 g/mol. The average Bonchev–Trinajstić information content (AvgIpc) is 2.61. The van der Waals surface area contributed by atoms with Crippen LogP contribution < -0.4 is 10.0 Å². The number of ether oxygens (including phenoxy) is 1. The number of sulfonamides is 1. The van der Waals surface area contributed by atoms with Gasteiger partial charge in [0.2, 0.25) is 15.9 Å². The van der Waals surface area contributed by atoms with Gasteiger partial charge in [0, 0.05) is 18.8 Å². The smallest absolute Gasteiger partial charge is 0.383 e. The second-order valence-electron chi connectivity index (χ2n) is 6.42. The quantitative estimate of drug-likeness (QED) is 0.674. The largest absolute Gasteiger partial charge is 0.416 e. The van der Waals surface area contributed by atoms with Gasteiger partial charge in [-0.05, 0) is 48.9 Å². The van der Waals surface area contributed by atoms with E-state index in [0.29, 0.717) is 11.3 Å². The Balaban J connectivity index is 1.98. The zero-order valence-electron chi connectivity index (χ0n) is 15.8. The van der Waals surface area contributed by atoms with Crippen molar-refractivity contribution in [1.29, 1.82) is 0 Å². The lowest BCUT2D eigenvalue weighted by Crippen LogP contribution is -2.35. The monoisotopic (exact) mass is 430 g/mol. The zero-order valence-corrected chi connectivity index (χ0v) is 16.6. The fourth-order valence-corrected chi connectivity index (χ4v) is 3.76. The maximum Gasteiger partial charge on any atom is 0.416 e. The van der Waals surface area contributed by atoms with E-state index in [1.165, 1.54) is 43.5 Å². The van der Waals surface area contributed by atoms with E-state index in [4.69, 9.17) is 4.74 Å². The van der Waals surface area contributed by atoms with Gasteiger partial charge in [0.25, 0.3) is 0 Å². The Morgan fingerprint density at radius 1 is 1.07 bits per heavy atom. The van der Waals surface area contributed by atoms with Gasteiger partial charge in [-0.3, -0.25) is 4.79 Å². The lowest BCUT2D eigenvalue weighted by atomic mass is 10.1. The summed E-state index contributed by atoms with van der Waals surface area (Å²) in [6.45, 7) is 1.88. The van der Waals surface area contributed by atoms with Crippen molar-refractivity contribution in [3.05, 3.63) is 59.7 Å². The Hall–Kier alpha value is -2.43. The zero-order chi connectivity index (χ0) is 21.7. The number of carbonyl (C=O) groups is 1. The van der Waals surface area contributed by atoms with Crippen LogP contribution in [0.2, 0.25) is 0 Å².